The maximum absolute atomic E-state index is 12.7. The van der Waals surface area contributed by atoms with Crippen molar-refractivity contribution in [3.8, 4) is 0 Å². The molecular weight excluding hydrogens is 238 g/mol. The Balaban J connectivity index is 1.69. The van der Waals surface area contributed by atoms with E-state index in [4.69, 9.17) is 0 Å². The molecule has 19 heavy (non-hydrogen) atoms. The molecule has 3 atom stereocenters. The van der Waals surface area contributed by atoms with Gasteiger partial charge >= 0.3 is 0 Å². The number of ketones is 1. The second kappa shape index (κ2) is 5.26. The van der Waals surface area contributed by atoms with Gasteiger partial charge in [0.05, 0.1) is 0 Å². The average molecular weight is 263 g/mol. The molecule has 1 saturated heterocycles. The van der Waals surface area contributed by atoms with E-state index < -0.39 is 0 Å². The van der Waals surface area contributed by atoms with Gasteiger partial charge in [-0.05, 0) is 51.9 Å². The first-order valence-corrected chi connectivity index (χ1v) is 8.01. The minimum atomic E-state index is 0.133. The molecule has 0 aromatic heterocycles. The predicted molar refractivity (Wildman–Crippen MR) is 73.6 cm³/mol. The Morgan fingerprint density at radius 1 is 1.05 bits per heavy atom. The fourth-order valence-electron chi connectivity index (χ4n) is 4.34. The number of fused-ring (bicyclic) bond motifs is 2. The molecule has 3 nitrogen and oxygen atoms in total. The van der Waals surface area contributed by atoms with Gasteiger partial charge in [-0.2, -0.15) is 0 Å². The zero-order valence-electron chi connectivity index (χ0n) is 11.9. The summed E-state index contributed by atoms with van der Waals surface area (Å²) in [7, 11) is 0. The van der Waals surface area contributed by atoms with Crippen LogP contribution in [0.1, 0.15) is 58.3 Å². The lowest BCUT2D eigenvalue weighted by atomic mass is 9.66. The van der Waals surface area contributed by atoms with Crippen LogP contribution in [-0.4, -0.2) is 29.2 Å². The third-order valence-electron chi connectivity index (χ3n) is 5.48. The molecule has 1 amide bonds. The van der Waals surface area contributed by atoms with Crippen molar-refractivity contribution in [3.63, 3.8) is 0 Å². The maximum atomic E-state index is 12.7. The number of likely N-dealkylation sites (tertiary alicyclic amines) is 1. The van der Waals surface area contributed by atoms with Gasteiger partial charge in [-0.25, -0.2) is 0 Å². The molecule has 3 rings (SSSR count). The fraction of sp³-hybridized carbons (Fsp3) is 0.875. The van der Waals surface area contributed by atoms with Crippen LogP contribution in [-0.2, 0) is 9.59 Å². The van der Waals surface area contributed by atoms with Gasteiger partial charge in [0.25, 0.3) is 0 Å². The molecule has 3 unspecified atom stereocenters. The molecular formula is C16H25NO2. The smallest absolute Gasteiger partial charge is 0.225 e. The predicted octanol–water partition coefficient (Wildman–Crippen LogP) is 2.78. The molecule has 0 aromatic rings. The molecule has 2 saturated carbocycles. The zero-order valence-corrected chi connectivity index (χ0v) is 11.9. The van der Waals surface area contributed by atoms with E-state index in [-0.39, 0.29) is 17.8 Å². The van der Waals surface area contributed by atoms with Crippen molar-refractivity contribution in [2.45, 2.75) is 64.3 Å². The van der Waals surface area contributed by atoms with Crippen LogP contribution >= 0.6 is 0 Å². The van der Waals surface area contributed by atoms with E-state index in [9.17, 15) is 9.59 Å². The Labute approximate surface area is 115 Å². The first kappa shape index (κ1) is 13.1. The Bertz CT molecular complexity index is 363. The lowest BCUT2D eigenvalue weighted by molar-refractivity contribution is -0.145. The highest BCUT2D eigenvalue weighted by Gasteiger charge is 2.42. The molecule has 2 bridgehead atoms. The molecule has 3 aliphatic rings. The SMILES string of the molecule is CC1CCCCN1C(=O)C1CC2CCCC(C1)C2=O. The van der Waals surface area contributed by atoms with Gasteiger partial charge in [0, 0.05) is 30.3 Å². The number of hydrogen-bond donors (Lipinski definition) is 0. The first-order valence-electron chi connectivity index (χ1n) is 8.01. The van der Waals surface area contributed by atoms with E-state index in [1.165, 1.54) is 12.8 Å². The van der Waals surface area contributed by atoms with E-state index in [1.54, 1.807) is 0 Å². The molecule has 106 valence electrons. The normalized spacial score (nSPS) is 39.2. The Kier molecular flexibility index (Phi) is 3.64. The first-order chi connectivity index (χ1) is 9.16. The second-order valence-electron chi connectivity index (χ2n) is 6.77. The second-order valence-corrected chi connectivity index (χ2v) is 6.77. The van der Waals surface area contributed by atoms with Crippen molar-refractivity contribution in [1.82, 2.24) is 4.90 Å². The van der Waals surface area contributed by atoms with Gasteiger partial charge in [-0.3, -0.25) is 9.59 Å². The summed E-state index contributed by atoms with van der Waals surface area (Å²) in [4.78, 5) is 26.9. The van der Waals surface area contributed by atoms with E-state index >= 15 is 0 Å². The van der Waals surface area contributed by atoms with Crippen molar-refractivity contribution in [2.24, 2.45) is 17.8 Å². The third kappa shape index (κ3) is 2.44. The van der Waals surface area contributed by atoms with E-state index in [2.05, 4.69) is 11.8 Å². The van der Waals surface area contributed by atoms with E-state index in [0.717, 1.165) is 45.1 Å². The maximum Gasteiger partial charge on any atom is 0.225 e. The van der Waals surface area contributed by atoms with Crippen LogP contribution < -0.4 is 0 Å². The number of carbonyl (C=O) groups excluding carboxylic acids is 2. The van der Waals surface area contributed by atoms with Crippen molar-refractivity contribution >= 4 is 11.7 Å². The summed E-state index contributed by atoms with van der Waals surface area (Å²) in [5.41, 5.74) is 0. The molecule has 3 fully saturated rings. The van der Waals surface area contributed by atoms with Crippen molar-refractivity contribution < 1.29 is 9.59 Å². The highest BCUT2D eigenvalue weighted by atomic mass is 16.2. The highest BCUT2D eigenvalue weighted by molar-refractivity contribution is 5.88. The summed E-state index contributed by atoms with van der Waals surface area (Å²) in [5.74, 6) is 1.33. The van der Waals surface area contributed by atoms with Crippen molar-refractivity contribution in [2.75, 3.05) is 6.54 Å². The minimum Gasteiger partial charge on any atom is -0.340 e. The van der Waals surface area contributed by atoms with Crippen LogP contribution in [0, 0.1) is 17.8 Å². The quantitative estimate of drug-likeness (QED) is 0.729. The summed E-state index contributed by atoms with van der Waals surface area (Å²) < 4.78 is 0. The number of rotatable bonds is 1. The number of hydrogen-bond acceptors (Lipinski definition) is 2. The molecule has 0 spiro atoms. The van der Waals surface area contributed by atoms with Gasteiger partial charge in [-0.1, -0.05) is 6.42 Å². The van der Waals surface area contributed by atoms with E-state index in [1.807, 2.05) is 0 Å². The van der Waals surface area contributed by atoms with Crippen LogP contribution in [0.15, 0.2) is 0 Å². The Morgan fingerprint density at radius 3 is 2.37 bits per heavy atom. The van der Waals surface area contributed by atoms with Gasteiger partial charge in [0.15, 0.2) is 0 Å². The van der Waals surface area contributed by atoms with Gasteiger partial charge < -0.3 is 4.90 Å². The summed E-state index contributed by atoms with van der Waals surface area (Å²) in [6, 6.07) is 0.402. The third-order valence-corrected chi connectivity index (χ3v) is 5.48. The highest BCUT2D eigenvalue weighted by Crippen LogP contribution is 2.41. The van der Waals surface area contributed by atoms with Gasteiger partial charge in [0.2, 0.25) is 5.91 Å². The van der Waals surface area contributed by atoms with Crippen LogP contribution in [0.4, 0.5) is 0 Å². The van der Waals surface area contributed by atoms with Gasteiger partial charge in [-0.15, -0.1) is 0 Å². The van der Waals surface area contributed by atoms with E-state index in [0.29, 0.717) is 17.7 Å². The molecule has 3 heteroatoms. The summed E-state index contributed by atoms with van der Waals surface area (Å²) in [6.45, 7) is 3.10. The largest absolute Gasteiger partial charge is 0.340 e. The van der Waals surface area contributed by atoms with Crippen LogP contribution in [0.3, 0.4) is 0 Å². The fourth-order valence-corrected chi connectivity index (χ4v) is 4.34. The monoisotopic (exact) mass is 263 g/mol. The summed E-state index contributed by atoms with van der Waals surface area (Å²) >= 11 is 0. The van der Waals surface area contributed by atoms with Crippen molar-refractivity contribution in [1.29, 1.82) is 0 Å². The Morgan fingerprint density at radius 2 is 1.74 bits per heavy atom. The minimum absolute atomic E-state index is 0.133. The standard InChI is InChI=1S/C16H25NO2/c1-11-5-2-3-8-17(11)16(19)14-9-12-6-4-7-13(10-14)15(12)18/h11-14H,2-10H2,1H3. The van der Waals surface area contributed by atoms with Crippen molar-refractivity contribution in [3.05, 3.63) is 0 Å². The number of carbonyl (C=O) groups is 2. The summed E-state index contributed by atoms with van der Waals surface area (Å²) in [5, 5.41) is 0. The zero-order chi connectivity index (χ0) is 13.4. The lowest BCUT2D eigenvalue weighted by Crippen LogP contribution is -2.48. The van der Waals surface area contributed by atoms with Crippen LogP contribution in [0.25, 0.3) is 0 Å². The average Bonchev–Trinajstić information content (AvgIpc) is 2.38. The molecule has 1 heterocycles. The molecule has 0 N–H and O–H groups in total. The van der Waals surface area contributed by atoms with Crippen LogP contribution in [0.2, 0.25) is 0 Å². The number of piperidine rings is 1. The topological polar surface area (TPSA) is 37.4 Å². The van der Waals surface area contributed by atoms with Crippen LogP contribution in [0.5, 0.6) is 0 Å². The molecule has 2 aliphatic carbocycles. The number of Topliss-reactive ketones (excluding diaryl/α,β-unsaturated/α-hetero) is 1. The van der Waals surface area contributed by atoms with Gasteiger partial charge in [0.1, 0.15) is 5.78 Å². The Hall–Kier alpha value is -0.860. The molecule has 0 radical (unpaired) electrons. The number of nitrogens with zero attached hydrogens (tertiary/aromatic N) is 1. The summed E-state index contributed by atoms with van der Waals surface area (Å²) in [6.07, 6.45) is 8.43. The molecule has 0 aromatic carbocycles. The molecule has 1 aliphatic heterocycles. The lowest BCUT2D eigenvalue weighted by Gasteiger charge is -2.41. The number of amides is 1.